The molecule has 3 nitrogen and oxygen atoms in total. The number of sulfonamides is 1. The van der Waals surface area contributed by atoms with Crippen molar-refractivity contribution in [2.45, 2.75) is 19.9 Å². The van der Waals surface area contributed by atoms with Gasteiger partial charge in [-0.3, -0.25) is 0 Å². The monoisotopic (exact) mass is 199 g/mol. The first-order valence-corrected chi connectivity index (χ1v) is 5.58. The Bertz CT molecular complexity index is 201. The van der Waals surface area contributed by atoms with E-state index in [0.29, 0.717) is 0 Å². The molecule has 0 atom stereocenters. The average molecular weight is 200 g/mol. The van der Waals surface area contributed by atoms with Crippen LogP contribution in [0.25, 0.3) is 0 Å². The minimum absolute atomic E-state index is 0.00298. The van der Waals surface area contributed by atoms with E-state index in [0.717, 1.165) is 0 Å². The Kier molecular flexibility index (Phi) is 4.36. The summed E-state index contributed by atoms with van der Waals surface area (Å²) >= 11 is 5.33. The van der Waals surface area contributed by atoms with Crippen LogP contribution in [-0.2, 0) is 10.0 Å². The van der Waals surface area contributed by atoms with Crippen LogP contribution in [0.3, 0.4) is 0 Å². The Morgan fingerprint density at radius 1 is 1.45 bits per heavy atom. The van der Waals surface area contributed by atoms with E-state index in [9.17, 15) is 8.42 Å². The molecule has 0 aromatic carbocycles. The maximum absolute atomic E-state index is 11.2. The standard InChI is InChI=1S/C6H14ClNO2S/c1-6(2)8(3)11(9,10)5-4-7/h6H,4-5H2,1-3H3. The van der Waals surface area contributed by atoms with Gasteiger partial charge in [0.05, 0.1) is 5.75 Å². The summed E-state index contributed by atoms with van der Waals surface area (Å²) in [5.74, 6) is 0.169. The Morgan fingerprint density at radius 2 is 1.91 bits per heavy atom. The first-order valence-electron chi connectivity index (χ1n) is 3.43. The van der Waals surface area contributed by atoms with Gasteiger partial charge >= 0.3 is 0 Å². The lowest BCUT2D eigenvalue weighted by Gasteiger charge is -2.19. The molecule has 0 aromatic rings. The zero-order valence-corrected chi connectivity index (χ0v) is 8.61. The zero-order valence-electron chi connectivity index (χ0n) is 7.04. The summed E-state index contributed by atoms with van der Waals surface area (Å²) in [5, 5.41) is 0. The normalized spacial score (nSPS) is 12.9. The number of hydrogen-bond acceptors (Lipinski definition) is 2. The summed E-state index contributed by atoms with van der Waals surface area (Å²) < 4.78 is 23.8. The van der Waals surface area contributed by atoms with Crippen LogP contribution >= 0.6 is 11.6 Å². The predicted molar refractivity (Wildman–Crippen MR) is 47.4 cm³/mol. The highest BCUT2D eigenvalue weighted by molar-refractivity contribution is 7.89. The van der Waals surface area contributed by atoms with Crippen molar-refractivity contribution in [3.63, 3.8) is 0 Å². The highest BCUT2D eigenvalue weighted by atomic mass is 35.5. The number of rotatable bonds is 4. The van der Waals surface area contributed by atoms with Gasteiger partial charge in [0.25, 0.3) is 0 Å². The van der Waals surface area contributed by atoms with Crippen molar-refractivity contribution in [2.75, 3.05) is 18.7 Å². The van der Waals surface area contributed by atoms with Gasteiger partial charge in [-0.25, -0.2) is 12.7 Å². The van der Waals surface area contributed by atoms with Gasteiger partial charge in [0, 0.05) is 19.0 Å². The van der Waals surface area contributed by atoms with Crippen LogP contribution in [0.1, 0.15) is 13.8 Å². The van der Waals surface area contributed by atoms with Crippen molar-refractivity contribution >= 4 is 21.6 Å². The topological polar surface area (TPSA) is 37.4 Å². The zero-order chi connectivity index (χ0) is 9.07. The molecule has 0 saturated carbocycles. The minimum Gasteiger partial charge on any atom is -0.212 e. The van der Waals surface area contributed by atoms with Gasteiger partial charge in [-0.1, -0.05) is 0 Å². The summed E-state index contributed by atoms with van der Waals surface area (Å²) in [6, 6.07) is 0.00298. The molecule has 0 saturated heterocycles. The number of alkyl halides is 1. The molecule has 0 aromatic heterocycles. The quantitative estimate of drug-likeness (QED) is 0.631. The smallest absolute Gasteiger partial charge is 0.212 e. The third-order valence-corrected chi connectivity index (χ3v) is 3.93. The summed E-state index contributed by atoms with van der Waals surface area (Å²) in [5.41, 5.74) is 0. The molecule has 68 valence electrons. The number of nitrogens with zero attached hydrogens (tertiary/aromatic N) is 1. The number of halogens is 1. The fraction of sp³-hybridized carbons (Fsp3) is 1.00. The van der Waals surface area contributed by atoms with E-state index in [1.165, 1.54) is 4.31 Å². The molecule has 0 amide bonds. The minimum atomic E-state index is -3.11. The van der Waals surface area contributed by atoms with Crippen molar-refractivity contribution < 1.29 is 8.42 Å². The van der Waals surface area contributed by atoms with Crippen LogP contribution < -0.4 is 0 Å². The third-order valence-electron chi connectivity index (χ3n) is 1.50. The first kappa shape index (κ1) is 11.2. The Morgan fingerprint density at radius 3 is 2.18 bits per heavy atom. The second-order valence-corrected chi connectivity index (χ2v) is 5.14. The van der Waals surface area contributed by atoms with Crippen LogP contribution in [0.2, 0.25) is 0 Å². The molecule has 0 heterocycles. The van der Waals surface area contributed by atoms with Crippen LogP contribution in [0.4, 0.5) is 0 Å². The molecule has 0 aliphatic carbocycles. The lowest BCUT2D eigenvalue weighted by molar-refractivity contribution is 0.411. The van der Waals surface area contributed by atoms with Crippen LogP contribution in [0, 0.1) is 0 Å². The molecule has 0 aliphatic rings. The molecule has 11 heavy (non-hydrogen) atoms. The second kappa shape index (κ2) is 4.28. The van der Waals surface area contributed by atoms with Crippen LogP contribution in [0.5, 0.6) is 0 Å². The molecular formula is C6H14ClNO2S. The lowest BCUT2D eigenvalue weighted by atomic mass is 10.4. The van der Waals surface area contributed by atoms with Crippen molar-refractivity contribution in [3.05, 3.63) is 0 Å². The molecular weight excluding hydrogens is 186 g/mol. The highest BCUT2D eigenvalue weighted by Crippen LogP contribution is 2.03. The fourth-order valence-electron chi connectivity index (χ4n) is 0.563. The first-order chi connectivity index (χ1) is 4.91. The summed E-state index contributed by atoms with van der Waals surface area (Å²) in [6.07, 6.45) is 0. The maximum atomic E-state index is 11.2. The van der Waals surface area contributed by atoms with Gasteiger partial charge in [0.15, 0.2) is 0 Å². The van der Waals surface area contributed by atoms with E-state index in [1.807, 2.05) is 13.8 Å². The molecule has 0 fully saturated rings. The largest absolute Gasteiger partial charge is 0.215 e. The predicted octanol–water partition coefficient (Wildman–Crippen LogP) is 0.895. The van der Waals surface area contributed by atoms with Gasteiger partial charge in [0.2, 0.25) is 10.0 Å². The van der Waals surface area contributed by atoms with Gasteiger partial charge in [-0.15, -0.1) is 11.6 Å². The average Bonchev–Trinajstić information content (AvgIpc) is 1.86. The van der Waals surface area contributed by atoms with E-state index in [4.69, 9.17) is 11.6 Å². The van der Waals surface area contributed by atoms with E-state index >= 15 is 0 Å². The van der Waals surface area contributed by atoms with E-state index in [2.05, 4.69) is 0 Å². The summed E-state index contributed by atoms with van der Waals surface area (Å²) in [7, 11) is -1.55. The maximum Gasteiger partial charge on any atom is 0.215 e. The highest BCUT2D eigenvalue weighted by Gasteiger charge is 2.18. The third kappa shape index (κ3) is 3.40. The molecule has 0 bridgehead atoms. The lowest BCUT2D eigenvalue weighted by Crippen LogP contribution is -2.35. The van der Waals surface area contributed by atoms with Crippen molar-refractivity contribution in [3.8, 4) is 0 Å². The van der Waals surface area contributed by atoms with Gasteiger partial charge in [-0.05, 0) is 13.8 Å². The Balaban J connectivity index is 4.31. The van der Waals surface area contributed by atoms with Crippen LogP contribution in [0.15, 0.2) is 0 Å². The van der Waals surface area contributed by atoms with Crippen molar-refractivity contribution in [1.82, 2.24) is 4.31 Å². The molecule has 0 N–H and O–H groups in total. The fourth-order valence-corrected chi connectivity index (χ4v) is 2.27. The molecule has 0 rings (SSSR count). The van der Waals surface area contributed by atoms with Gasteiger partial charge in [0.1, 0.15) is 0 Å². The van der Waals surface area contributed by atoms with E-state index < -0.39 is 10.0 Å². The summed E-state index contributed by atoms with van der Waals surface area (Å²) in [6.45, 7) is 3.65. The van der Waals surface area contributed by atoms with Gasteiger partial charge < -0.3 is 0 Å². The van der Waals surface area contributed by atoms with E-state index in [1.54, 1.807) is 7.05 Å². The van der Waals surface area contributed by atoms with Crippen molar-refractivity contribution in [1.29, 1.82) is 0 Å². The molecule has 0 unspecified atom stereocenters. The molecule has 0 spiro atoms. The molecule has 0 radical (unpaired) electrons. The number of hydrogen-bond donors (Lipinski definition) is 0. The Labute approximate surface area is 73.4 Å². The SMILES string of the molecule is CC(C)N(C)S(=O)(=O)CCCl. The molecule has 0 aliphatic heterocycles. The summed E-state index contributed by atoms with van der Waals surface area (Å²) in [4.78, 5) is 0. The van der Waals surface area contributed by atoms with Crippen molar-refractivity contribution in [2.24, 2.45) is 0 Å². The molecule has 5 heteroatoms. The Hall–Kier alpha value is 0.200. The van der Waals surface area contributed by atoms with E-state index in [-0.39, 0.29) is 17.7 Å². The second-order valence-electron chi connectivity index (χ2n) is 2.61. The van der Waals surface area contributed by atoms with Crippen LogP contribution in [-0.4, -0.2) is 37.4 Å². The van der Waals surface area contributed by atoms with Gasteiger partial charge in [-0.2, -0.15) is 0 Å².